The van der Waals surface area contributed by atoms with Crippen molar-refractivity contribution in [3.8, 4) is 0 Å². The number of hydrogen-bond acceptors (Lipinski definition) is 3. The minimum Gasteiger partial charge on any atom is -0.369 e. The van der Waals surface area contributed by atoms with Gasteiger partial charge >= 0.3 is 6.18 Å². The SMILES string of the molecule is O=C(N[C@H]1CCC[C@@H](OCC(F)(F)F)C1)c1cc(Cl)ccn1. The Bertz CT molecular complexity index is 525. The molecule has 0 radical (unpaired) electrons. The van der Waals surface area contributed by atoms with Gasteiger partial charge in [0.25, 0.3) is 5.91 Å². The smallest absolute Gasteiger partial charge is 0.369 e. The molecule has 1 aliphatic rings. The molecule has 4 nitrogen and oxygen atoms in total. The largest absolute Gasteiger partial charge is 0.411 e. The summed E-state index contributed by atoms with van der Waals surface area (Å²) in [7, 11) is 0. The van der Waals surface area contributed by atoms with Gasteiger partial charge in [-0.25, -0.2) is 0 Å². The van der Waals surface area contributed by atoms with Gasteiger partial charge in [0.15, 0.2) is 0 Å². The lowest BCUT2D eigenvalue weighted by Gasteiger charge is -2.30. The summed E-state index contributed by atoms with van der Waals surface area (Å²) in [5.41, 5.74) is 0.186. The lowest BCUT2D eigenvalue weighted by molar-refractivity contribution is -0.188. The van der Waals surface area contributed by atoms with E-state index in [1.807, 2.05) is 0 Å². The van der Waals surface area contributed by atoms with E-state index in [2.05, 4.69) is 10.3 Å². The first-order valence-corrected chi connectivity index (χ1v) is 7.32. The predicted octanol–water partition coefficient (Wildman–Crippen LogP) is 3.35. The lowest BCUT2D eigenvalue weighted by Crippen LogP contribution is -2.41. The molecule has 1 aliphatic carbocycles. The molecule has 8 heteroatoms. The number of aromatic nitrogens is 1. The second-order valence-electron chi connectivity index (χ2n) is 5.24. The summed E-state index contributed by atoms with van der Waals surface area (Å²) in [6, 6.07) is 2.78. The maximum absolute atomic E-state index is 12.2. The second kappa shape index (κ2) is 7.28. The van der Waals surface area contributed by atoms with Crippen LogP contribution in [0.5, 0.6) is 0 Å². The van der Waals surface area contributed by atoms with Crippen LogP contribution in [-0.4, -0.2) is 35.8 Å². The highest BCUT2D eigenvalue weighted by molar-refractivity contribution is 6.30. The summed E-state index contributed by atoms with van der Waals surface area (Å²) in [5, 5.41) is 3.17. The van der Waals surface area contributed by atoms with Crippen LogP contribution >= 0.6 is 11.6 Å². The van der Waals surface area contributed by atoms with Crippen LogP contribution in [0.4, 0.5) is 13.2 Å². The Morgan fingerprint density at radius 2 is 2.23 bits per heavy atom. The Balaban J connectivity index is 1.86. The van der Waals surface area contributed by atoms with Crippen molar-refractivity contribution in [3.05, 3.63) is 29.0 Å². The maximum Gasteiger partial charge on any atom is 0.411 e. The molecule has 1 aromatic rings. The quantitative estimate of drug-likeness (QED) is 0.917. The van der Waals surface area contributed by atoms with Crippen molar-refractivity contribution in [1.82, 2.24) is 10.3 Å². The minimum atomic E-state index is -4.33. The average molecular weight is 337 g/mol. The number of nitrogens with one attached hydrogen (secondary N) is 1. The van der Waals surface area contributed by atoms with Crippen LogP contribution in [0, 0.1) is 0 Å². The molecule has 22 heavy (non-hydrogen) atoms. The maximum atomic E-state index is 12.2. The summed E-state index contributed by atoms with van der Waals surface area (Å²) < 4.78 is 41.4. The topological polar surface area (TPSA) is 51.2 Å². The Labute approximate surface area is 131 Å². The van der Waals surface area contributed by atoms with Gasteiger partial charge in [-0.15, -0.1) is 0 Å². The van der Waals surface area contributed by atoms with E-state index in [0.717, 1.165) is 0 Å². The number of rotatable bonds is 4. The third kappa shape index (κ3) is 5.46. The molecule has 0 unspecified atom stereocenters. The van der Waals surface area contributed by atoms with Crippen LogP contribution in [0.1, 0.15) is 36.2 Å². The van der Waals surface area contributed by atoms with Gasteiger partial charge < -0.3 is 10.1 Å². The molecule has 1 N–H and O–H groups in total. The van der Waals surface area contributed by atoms with E-state index in [-0.39, 0.29) is 17.6 Å². The van der Waals surface area contributed by atoms with Gasteiger partial charge in [-0.2, -0.15) is 13.2 Å². The highest BCUT2D eigenvalue weighted by atomic mass is 35.5. The van der Waals surface area contributed by atoms with E-state index in [4.69, 9.17) is 16.3 Å². The zero-order chi connectivity index (χ0) is 16.2. The normalized spacial score (nSPS) is 22.4. The minimum absolute atomic E-state index is 0.186. The first-order chi connectivity index (χ1) is 10.3. The van der Waals surface area contributed by atoms with Gasteiger partial charge in [0, 0.05) is 17.3 Å². The summed E-state index contributed by atoms with van der Waals surface area (Å²) in [5.74, 6) is -0.385. The van der Waals surface area contributed by atoms with Gasteiger partial charge in [0.05, 0.1) is 6.10 Å². The lowest BCUT2D eigenvalue weighted by atomic mass is 9.92. The van der Waals surface area contributed by atoms with E-state index in [0.29, 0.717) is 30.7 Å². The van der Waals surface area contributed by atoms with Gasteiger partial charge in [0.1, 0.15) is 12.3 Å². The standard InChI is InChI=1S/C14H16ClF3N2O2/c15-9-4-5-19-12(6-9)13(21)20-10-2-1-3-11(7-10)22-8-14(16,17)18/h4-6,10-11H,1-3,7-8H2,(H,20,21)/t10-,11+/m0/s1. The fourth-order valence-electron chi connectivity index (χ4n) is 2.43. The molecule has 0 spiro atoms. The molecule has 1 aromatic heterocycles. The Morgan fingerprint density at radius 1 is 1.45 bits per heavy atom. The molecule has 0 saturated heterocycles. The molecule has 1 saturated carbocycles. The van der Waals surface area contributed by atoms with Crippen LogP contribution < -0.4 is 5.32 Å². The van der Waals surface area contributed by atoms with Crippen LogP contribution in [0.2, 0.25) is 5.02 Å². The highest BCUT2D eigenvalue weighted by Gasteiger charge is 2.31. The van der Waals surface area contributed by atoms with Gasteiger partial charge in [-0.1, -0.05) is 11.6 Å². The molecular weight excluding hydrogens is 321 g/mol. The first kappa shape index (κ1) is 17.0. The summed E-state index contributed by atoms with van der Waals surface area (Å²) in [6.45, 7) is -1.26. The van der Waals surface area contributed by atoms with E-state index in [1.54, 1.807) is 6.07 Å². The predicted molar refractivity (Wildman–Crippen MR) is 74.8 cm³/mol. The molecule has 0 bridgehead atoms. The number of nitrogens with zero attached hydrogens (tertiary/aromatic N) is 1. The molecule has 2 rings (SSSR count). The van der Waals surface area contributed by atoms with Crippen LogP contribution in [0.3, 0.4) is 0 Å². The van der Waals surface area contributed by atoms with Gasteiger partial charge in [-0.05, 0) is 37.8 Å². The van der Waals surface area contributed by atoms with Crippen molar-refractivity contribution < 1.29 is 22.7 Å². The molecule has 2 atom stereocenters. The number of ether oxygens (including phenoxy) is 1. The third-order valence-electron chi connectivity index (χ3n) is 3.40. The number of halogens is 4. The van der Waals surface area contributed by atoms with Crippen molar-refractivity contribution in [3.63, 3.8) is 0 Å². The molecular formula is C14H16ClF3N2O2. The summed E-state index contributed by atoms with van der Waals surface area (Å²) in [6.07, 6.45) is -1.06. The number of pyridine rings is 1. The fraction of sp³-hybridized carbons (Fsp3) is 0.571. The molecule has 0 aromatic carbocycles. The van der Waals surface area contributed by atoms with Crippen molar-refractivity contribution >= 4 is 17.5 Å². The van der Waals surface area contributed by atoms with E-state index in [1.165, 1.54) is 12.3 Å². The van der Waals surface area contributed by atoms with E-state index < -0.39 is 18.9 Å². The number of amides is 1. The Hall–Kier alpha value is -1.34. The molecule has 122 valence electrons. The van der Waals surface area contributed by atoms with Crippen molar-refractivity contribution in [1.29, 1.82) is 0 Å². The Kier molecular flexibility index (Phi) is 5.63. The first-order valence-electron chi connectivity index (χ1n) is 6.94. The molecule has 0 aliphatic heterocycles. The van der Waals surface area contributed by atoms with E-state index >= 15 is 0 Å². The van der Waals surface area contributed by atoms with Crippen LogP contribution in [0.25, 0.3) is 0 Å². The van der Waals surface area contributed by atoms with Crippen molar-refractivity contribution in [2.75, 3.05) is 6.61 Å². The zero-order valence-corrected chi connectivity index (χ0v) is 12.5. The van der Waals surface area contributed by atoms with Crippen molar-refractivity contribution in [2.24, 2.45) is 0 Å². The van der Waals surface area contributed by atoms with Gasteiger partial charge in [0.2, 0.25) is 0 Å². The molecule has 1 fully saturated rings. The average Bonchev–Trinajstić information content (AvgIpc) is 2.45. The monoisotopic (exact) mass is 336 g/mol. The zero-order valence-electron chi connectivity index (χ0n) is 11.7. The number of carbonyl (C=O) groups is 1. The number of alkyl halides is 3. The molecule has 1 heterocycles. The second-order valence-corrected chi connectivity index (χ2v) is 5.68. The number of hydrogen-bond donors (Lipinski definition) is 1. The summed E-state index contributed by atoms with van der Waals surface area (Å²) in [4.78, 5) is 16.0. The third-order valence-corrected chi connectivity index (χ3v) is 3.63. The van der Waals surface area contributed by atoms with Crippen molar-refractivity contribution in [2.45, 2.75) is 44.0 Å². The highest BCUT2D eigenvalue weighted by Crippen LogP contribution is 2.24. The summed E-state index contributed by atoms with van der Waals surface area (Å²) >= 11 is 5.79. The van der Waals surface area contributed by atoms with E-state index in [9.17, 15) is 18.0 Å². The fourth-order valence-corrected chi connectivity index (χ4v) is 2.59. The van der Waals surface area contributed by atoms with Crippen LogP contribution in [0.15, 0.2) is 18.3 Å². The Morgan fingerprint density at radius 3 is 2.91 bits per heavy atom. The molecule has 1 amide bonds. The van der Waals surface area contributed by atoms with Crippen LogP contribution in [-0.2, 0) is 4.74 Å². The number of carbonyl (C=O) groups excluding carboxylic acids is 1. The van der Waals surface area contributed by atoms with Gasteiger partial charge in [-0.3, -0.25) is 9.78 Å².